The van der Waals surface area contributed by atoms with E-state index in [1.165, 1.54) is 6.07 Å². The van der Waals surface area contributed by atoms with Gasteiger partial charge in [-0.2, -0.15) is 0 Å². The van der Waals surface area contributed by atoms with Crippen molar-refractivity contribution in [2.75, 3.05) is 0 Å². The first-order valence-corrected chi connectivity index (χ1v) is 19.2. The Morgan fingerprint density at radius 2 is 2.00 bits per heavy atom. The Bertz CT molecular complexity index is 1380. The van der Waals surface area contributed by atoms with Gasteiger partial charge in [0.1, 0.15) is 0 Å². The summed E-state index contributed by atoms with van der Waals surface area (Å²) in [6.45, 7) is 0. The van der Waals surface area contributed by atoms with Gasteiger partial charge in [-0.05, 0) is 0 Å². The standard InChI is InChI=1S/C14H6BF4N2O4S.PS.Tl/c1-2-8-10(16)4-3-7-5-11-9(13(12(7)8)15(22)23)6-20-21(11)26(24,25)14(17,18)19;1-2;/h3-6,22-23H;;/q;-1;+2. The molecule has 0 aliphatic rings. The normalized spacial score (nSPS) is 11.8. The van der Waals surface area contributed by atoms with Gasteiger partial charge in [0.2, 0.25) is 0 Å². The summed E-state index contributed by atoms with van der Waals surface area (Å²) < 4.78 is 80.2. The summed E-state index contributed by atoms with van der Waals surface area (Å²) in [5, 5.41) is 22.7. The predicted molar refractivity (Wildman–Crippen MR) is 104 cm³/mol. The second-order valence-corrected chi connectivity index (χ2v) is 19.9. The number of fused-ring (bicyclic) bond motifs is 2. The van der Waals surface area contributed by atoms with E-state index in [9.17, 15) is 36.0 Å². The molecule has 3 aromatic rings. The number of hydrogen-bond donors (Lipinski definition) is 2. The molecular formula is C14H6BF4N2O4PS2Tl+. The molecule has 0 spiro atoms. The van der Waals surface area contributed by atoms with E-state index in [1.807, 2.05) is 0 Å². The van der Waals surface area contributed by atoms with Crippen LogP contribution in [0.2, 0.25) is 0 Å². The van der Waals surface area contributed by atoms with Crippen LogP contribution in [0.3, 0.4) is 0 Å². The van der Waals surface area contributed by atoms with E-state index in [-0.39, 0.29) is 25.8 Å². The topological polar surface area (TPSA) is 92.4 Å². The van der Waals surface area contributed by atoms with Gasteiger partial charge in [-0.15, -0.1) is 0 Å². The van der Waals surface area contributed by atoms with Crippen LogP contribution < -0.4 is 5.46 Å². The van der Waals surface area contributed by atoms with Gasteiger partial charge in [0.25, 0.3) is 0 Å². The monoisotopic (exact) mass is 653 g/mol. The third-order valence-corrected chi connectivity index (χ3v) is 11.5. The van der Waals surface area contributed by atoms with Crippen molar-refractivity contribution in [3.8, 4) is 9.40 Å². The SMILES string of the molecule is O=S(=O)(n1ncc2c(B(O)O)c3c(C#[C][Tl]=[P+]=S)c(F)ccc3cc21)C(F)(F)F. The Morgan fingerprint density at radius 1 is 1.31 bits per heavy atom. The van der Waals surface area contributed by atoms with Gasteiger partial charge in [0.15, 0.2) is 0 Å². The average molecular weight is 653 g/mol. The summed E-state index contributed by atoms with van der Waals surface area (Å²) in [5.41, 5.74) is -6.73. The second kappa shape index (κ2) is 8.24. The molecule has 1 aromatic heterocycles. The number of benzene rings is 2. The third-order valence-electron chi connectivity index (χ3n) is 3.90. The van der Waals surface area contributed by atoms with Gasteiger partial charge in [0.05, 0.1) is 0 Å². The molecule has 0 unspecified atom stereocenters. The minimum absolute atomic E-state index is 0.0454. The molecule has 0 aliphatic heterocycles. The zero-order valence-corrected chi connectivity index (χ0v) is 20.9. The van der Waals surface area contributed by atoms with Gasteiger partial charge < -0.3 is 0 Å². The van der Waals surface area contributed by atoms with Gasteiger partial charge in [0, 0.05) is 0 Å². The summed E-state index contributed by atoms with van der Waals surface area (Å²) in [5.74, 6) is 1.85. The number of hydrogen-bond acceptors (Lipinski definition) is 6. The second-order valence-electron chi connectivity index (χ2n) is 5.56. The fourth-order valence-corrected chi connectivity index (χ4v) is 6.99. The number of halogens is 4. The van der Waals surface area contributed by atoms with Crippen molar-refractivity contribution < 1.29 is 36.0 Å². The summed E-state index contributed by atoms with van der Waals surface area (Å²) in [6.07, 6.45) is 0.746. The van der Waals surface area contributed by atoms with Crippen LogP contribution in [-0.2, 0) is 21.8 Å². The van der Waals surface area contributed by atoms with Crippen LogP contribution in [0.15, 0.2) is 24.4 Å². The number of aromatic nitrogens is 2. The molecule has 0 amide bonds. The van der Waals surface area contributed by atoms with E-state index in [1.54, 1.807) is 0 Å². The van der Waals surface area contributed by atoms with E-state index in [4.69, 9.17) is 11.8 Å². The van der Waals surface area contributed by atoms with Gasteiger partial charge in [-0.25, -0.2) is 0 Å². The summed E-state index contributed by atoms with van der Waals surface area (Å²) in [6, 6.07) is 3.23. The van der Waals surface area contributed by atoms with Gasteiger partial charge in [-0.1, -0.05) is 0 Å². The Morgan fingerprint density at radius 3 is 2.59 bits per heavy atom. The van der Waals surface area contributed by atoms with Crippen molar-refractivity contribution in [1.82, 2.24) is 9.19 Å². The maximum atomic E-state index is 14.4. The summed E-state index contributed by atoms with van der Waals surface area (Å²) >= 11 is 3.22. The number of nitrogens with zero attached hydrogens (tertiary/aromatic N) is 2. The molecule has 0 fully saturated rings. The van der Waals surface area contributed by atoms with Gasteiger partial charge >= 0.3 is 179 Å². The number of alkyl halides is 3. The molecule has 1 heterocycles. The maximum absolute atomic E-state index is 14.4. The molecule has 146 valence electrons. The quantitative estimate of drug-likeness (QED) is 0.186. The van der Waals surface area contributed by atoms with Crippen LogP contribution in [0.25, 0.3) is 21.7 Å². The first-order valence-electron chi connectivity index (χ1n) is 7.47. The molecule has 0 atom stereocenters. The molecule has 29 heavy (non-hydrogen) atoms. The van der Waals surface area contributed by atoms with E-state index >= 15 is 0 Å². The molecular weight excluding hydrogens is 646 g/mol. The first kappa shape index (κ1) is 22.6. The van der Waals surface area contributed by atoms with Crippen molar-refractivity contribution in [3.05, 3.63) is 35.8 Å². The third kappa shape index (κ3) is 3.98. The molecule has 6 nitrogen and oxygen atoms in total. The Balaban J connectivity index is 2.52. The van der Waals surface area contributed by atoms with Crippen LogP contribution in [0.5, 0.6) is 0 Å². The van der Waals surface area contributed by atoms with Crippen molar-refractivity contribution in [2.45, 2.75) is 5.51 Å². The fraction of sp³-hybridized carbons (Fsp3) is 0.0714. The minimum atomic E-state index is -5.87. The molecule has 0 bridgehead atoms. The van der Waals surface area contributed by atoms with Crippen LogP contribution >= 0.6 is 4.00 Å². The van der Waals surface area contributed by atoms with Crippen LogP contribution in [0, 0.1) is 15.2 Å². The van der Waals surface area contributed by atoms with Crippen molar-refractivity contribution in [2.24, 2.45) is 0 Å². The molecule has 2 N–H and O–H groups in total. The van der Waals surface area contributed by atoms with Crippen LogP contribution in [-0.4, -0.2) is 63.4 Å². The number of rotatable bonds is 2. The van der Waals surface area contributed by atoms with Crippen LogP contribution in [0.1, 0.15) is 5.56 Å². The van der Waals surface area contributed by atoms with Crippen molar-refractivity contribution in [1.29, 1.82) is 0 Å². The fourth-order valence-electron chi connectivity index (χ4n) is 2.78. The van der Waals surface area contributed by atoms with Crippen LogP contribution in [0.4, 0.5) is 17.6 Å². The zero-order chi connectivity index (χ0) is 21.6. The predicted octanol–water partition coefficient (Wildman–Crippen LogP) is 1.04. The zero-order valence-electron chi connectivity index (χ0n) is 13.8. The van der Waals surface area contributed by atoms with Crippen molar-refractivity contribution >= 4 is 83.2 Å². The summed E-state index contributed by atoms with van der Waals surface area (Å²) in [4.78, 5) is 0. The molecule has 2 aromatic carbocycles. The van der Waals surface area contributed by atoms with Gasteiger partial charge in [-0.3, -0.25) is 0 Å². The molecule has 0 saturated carbocycles. The Labute approximate surface area is 178 Å². The average Bonchev–Trinajstić information content (AvgIpc) is 3.04. The van der Waals surface area contributed by atoms with E-state index < -0.39 is 62.6 Å². The molecule has 15 heteroatoms. The molecule has 0 aliphatic carbocycles. The molecule has 0 saturated heterocycles. The van der Waals surface area contributed by atoms with E-state index in [2.05, 4.69) is 14.5 Å². The van der Waals surface area contributed by atoms with Crippen molar-refractivity contribution in [3.63, 3.8) is 0 Å². The Kier molecular flexibility index (Phi) is 6.43. The molecule has 3 rings (SSSR count). The summed E-state index contributed by atoms with van der Waals surface area (Å²) in [7, 11) is -8.12. The van der Waals surface area contributed by atoms with E-state index in [0.717, 1.165) is 18.3 Å². The Hall–Kier alpha value is -1.04. The molecule has 0 radical (unpaired) electrons. The first-order chi connectivity index (χ1) is 13.5. The van der Waals surface area contributed by atoms with E-state index in [0.29, 0.717) is 4.00 Å².